The Labute approximate surface area is 120 Å². The van der Waals surface area contributed by atoms with Crippen molar-refractivity contribution in [3.05, 3.63) is 34.7 Å². The molecule has 2 rings (SSSR count). The van der Waals surface area contributed by atoms with Crippen molar-refractivity contribution in [1.29, 1.82) is 0 Å². The van der Waals surface area contributed by atoms with Gasteiger partial charge in [0.25, 0.3) is 0 Å². The molecule has 1 fully saturated rings. The van der Waals surface area contributed by atoms with Crippen molar-refractivity contribution in [3.8, 4) is 0 Å². The maximum atomic E-state index is 11.7. The predicted octanol–water partition coefficient (Wildman–Crippen LogP) is -1.59. The van der Waals surface area contributed by atoms with Crippen LogP contribution < -0.4 is 11.4 Å². The largest absolute Gasteiger partial charge is 0.508 e. The Morgan fingerprint density at radius 3 is 2.71 bits per heavy atom. The first-order valence-electron chi connectivity index (χ1n) is 6.24. The van der Waals surface area contributed by atoms with Gasteiger partial charge in [0.2, 0.25) is 0 Å². The summed E-state index contributed by atoms with van der Waals surface area (Å²) in [6.07, 6.45) is -2.43. The lowest BCUT2D eigenvalue weighted by Crippen LogP contribution is -2.35. The van der Waals surface area contributed by atoms with Crippen LogP contribution in [-0.2, 0) is 4.74 Å². The zero-order chi connectivity index (χ0) is 15.7. The molecular formula is C12H18N4O5. The second-order valence-electron chi connectivity index (χ2n) is 4.99. The molecule has 0 radical (unpaired) electrons. The van der Waals surface area contributed by atoms with E-state index in [0.717, 1.165) is 4.57 Å². The molecule has 5 N–H and O–H groups in total. The molecule has 9 heteroatoms. The zero-order valence-electron chi connectivity index (χ0n) is 11.6. The van der Waals surface area contributed by atoms with Gasteiger partial charge in [0.05, 0.1) is 0 Å². The Hall–Kier alpha value is -2.10. The summed E-state index contributed by atoms with van der Waals surface area (Å²) in [4.78, 5) is 16.8. The first kappa shape index (κ1) is 15.3. The molecule has 0 bridgehead atoms. The summed E-state index contributed by atoms with van der Waals surface area (Å²) in [6, 6.07) is 1.37. The number of nitrogen functional groups attached to an aromatic ring is 1. The maximum absolute atomic E-state index is 11.7. The van der Waals surface area contributed by atoms with Crippen molar-refractivity contribution >= 4 is 5.82 Å². The molecule has 0 spiro atoms. The smallest absolute Gasteiger partial charge is 0.351 e. The van der Waals surface area contributed by atoms with E-state index in [9.17, 15) is 20.1 Å². The van der Waals surface area contributed by atoms with E-state index in [1.54, 1.807) is 19.0 Å². The number of hydrogen-bond donors (Lipinski definition) is 4. The van der Waals surface area contributed by atoms with E-state index in [-0.39, 0.29) is 11.6 Å². The average molecular weight is 298 g/mol. The molecule has 116 valence electrons. The van der Waals surface area contributed by atoms with E-state index in [1.807, 2.05) is 0 Å². The van der Waals surface area contributed by atoms with Crippen LogP contribution in [0, 0.1) is 0 Å². The third-order valence-corrected chi connectivity index (χ3v) is 3.05. The number of hydrogen-bond acceptors (Lipinski definition) is 8. The second kappa shape index (κ2) is 5.72. The molecule has 1 aromatic rings. The highest BCUT2D eigenvalue weighted by atomic mass is 16.6. The van der Waals surface area contributed by atoms with Gasteiger partial charge in [-0.15, -0.1) is 0 Å². The summed E-state index contributed by atoms with van der Waals surface area (Å²) < 4.78 is 6.40. The summed E-state index contributed by atoms with van der Waals surface area (Å²) in [6.45, 7) is 0. The van der Waals surface area contributed by atoms with Gasteiger partial charge in [-0.3, -0.25) is 4.57 Å². The number of aromatic nitrogens is 2. The topological polar surface area (TPSA) is 134 Å². The monoisotopic (exact) mass is 298 g/mol. The summed E-state index contributed by atoms with van der Waals surface area (Å²) in [5.41, 5.74) is 4.67. The number of rotatable bonds is 3. The van der Waals surface area contributed by atoms with Crippen molar-refractivity contribution in [2.75, 3.05) is 19.8 Å². The van der Waals surface area contributed by atoms with Crippen LogP contribution in [0.15, 0.2) is 29.0 Å². The van der Waals surface area contributed by atoms with E-state index < -0.39 is 30.2 Å². The van der Waals surface area contributed by atoms with Crippen LogP contribution in [0.4, 0.5) is 5.82 Å². The molecule has 1 aromatic heterocycles. The van der Waals surface area contributed by atoms with E-state index in [2.05, 4.69) is 4.98 Å². The minimum Gasteiger partial charge on any atom is -0.508 e. The van der Waals surface area contributed by atoms with Crippen molar-refractivity contribution < 1.29 is 20.1 Å². The molecule has 0 unspecified atom stereocenters. The van der Waals surface area contributed by atoms with Gasteiger partial charge in [-0.1, -0.05) is 0 Å². The van der Waals surface area contributed by atoms with Crippen molar-refractivity contribution in [2.45, 2.75) is 24.5 Å². The molecule has 1 aliphatic heterocycles. The fraction of sp³-hybridized carbons (Fsp3) is 0.500. The fourth-order valence-electron chi connectivity index (χ4n) is 2.09. The Morgan fingerprint density at radius 1 is 1.48 bits per heavy atom. The number of anilines is 1. The van der Waals surface area contributed by atoms with Crippen molar-refractivity contribution in [1.82, 2.24) is 14.5 Å². The average Bonchev–Trinajstić information content (AvgIpc) is 2.66. The molecule has 0 aromatic carbocycles. The number of nitrogens with zero attached hydrogens (tertiary/aromatic N) is 3. The highest BCUT2D eigenvalue weighted by Gasteiger charge is 2.46. The van der Waals surface area contributed by atoms with E-state index >= 15 is 0 Å². The first-order chi connectivity index (χ1) is 9.81. The Balaban J connectivity index is 2.30. The molecule has 1 aliphatic rings. The number of aliphatic hydroxyl groups excluding tert-OH is 3. The van der Waals surface area contributed by atoms with Gasteiger partial charge < -0.3 is 30.7 Å². The standard InChI is InChI=1S/C12H18N4O5/c1-15(2)5-6(17)10-8(18)9(19)11(21-10)16-4-3-7(13)14-12(16)20/h3-5,8-11,17-19H,1-2H3,(H2,13,14,20)/t8-,9+,10+,11+/m0/s1. The third kappa shape index (κ3) is 2.99. The van der Waals surface area contributed by atoms with Gasteiger partial charge >= 0.3 is 5.69 Å². The number of aliphatic hydroxyl groups is 3. The van der Waals surface area contributed by atoms with Crippen LogP contribution in [0.25, 0.3) is 0 Å². The molecule has 2 heterocycles. The predicted molar refractivity (Wildman–Crippen MR) is 73.2 cm³/mol. The van der Waals surface area contributed by atoms with E-state index in [4.69, 9.17) is 10.5 Å². The molecular weight excluding hydrogens is 280 g/mol. The first-order valence-corrected chi connectivity index (χ1v) is 6.24. The van der Waals surface area contributed by atoms with Crippen LogP contribution >= 0.6 is 0 Å². The van der Waals surface area contributed by atoms with Crippen LogP contribution in [-0.4, -0.2) is 62.2 Å². The quantitative estimate of drug-likeness (QED) is 0.490. The van der Waals surface area contributed by atoms with Gasteiger partial charge in [-0.05, 0) is 6.07 Å². The fourth-order valence-corrected chi connectivity index (χ4v) is 2.09. The van der Waals surface area contributed by atoms with Crippen molar-refractivity contribution in [2.24, 2.45) is 0 Å². The SMILES string of the molecule is CN(C)C=C(O)[C@H]1O[C@@H](n2ccc(N)nc2=O)[C@H](O)[C@@H]1O. The van der Waals surface area contributed by atoms with E-state index in [0.29, 0.717) is 0 Å². The summed E-state index contributed by atoms with van der Waals surface area (Å²) >= 11 is 0. The Morgan fingerprint density at radius 2 is 2.14 bits per heavy atom. The molecule has 21 heavy (non-hydrogen) atoms. The maximum Gasteiger partial charge on any atom is 0.351 e. The van der Waals surface area contributed by atoms with Crippen LogP contribution in [0.3, 0.4) is 0 Å². The number of ether oxygens (including phenoxy) is 1. The Bertz CT molecular complexity index is 600. The van der Waals surface area contributed by atoms with Gasteiger partial charge in [0.15, 0.2) is 6.23 Å². The molecule has 0 amide bonds. The minimum absolute atomic E-state index is 0.0381. The van der Waals surface area contributed by atoms with Crippen LogP contribution in [0.2, 0.25) is 0 Å². The lowest BCUT2D eigenvalue weighted by molar-refractivity contribution is -0.0393. The van der Waals surface area contributed by atoms with Gasteiger partial charge in [0.1, 0.15) is 29.9 Å². The molecule has 4 atom stereocenters. The lowest BCUT2D eigenvalue weighted by Gasteiger charge is -2.17. The van der Waals surface area contributed by atoms with Crippen molar-refractivity contribution in [3.63, 3.8) is 0 Å². The summed E-state index contributed by atoms with van der Waals surface area (Å²) in [5.74, 6) is -0.221. The third-order valence-electron chi connectivity index (χ3n) is 3.05. The molecule has 0 aliphatic carbocycles. The zero-order valence-corrected chi connectivity index (χ0v) is 11.6. The second-order valence-corrected chi connectivity index (χ2v) is 4.99. The molecule has 9 nitrogen and oxygen atoms in total. The van der Waals surface area contributed by atoms with Gasteiger partial charge in [0, 0.05) is 26.5 Å². The normalized spacial score (nSPS) is 29.6. The summed E-state index contributed by atoms with van der Waals surface area (Å²) in [7, 11) is 3.36. The lowest BCUT2D eigenvalue weighted by atomic mass is 10.1. The highest BCUT2D eigenvalue weighted by molar-refractivity contribution is 5.23. The minimum atomic E-state index is -1.39. The Kier molecular flexibility index (Phi) is 4.16. The highest BCUT2D eigenvalue weighted by Crippen LogP contribution is 2.31. The van der Waals surface area contributed by atoms with Crippen LogP contribution in [0.5, 0.6) is 0 Å². The van der Waals surface area contributed by atoms with Gasteiger partial charge in [-0.25, -0.2) is 4.79 Å². The number of nitrogens with two attached hydrogens (primary N) is 1. The molecule has 1 saturated heterocycles. The van der Waals surface area contributed by atoms with Crippen LogP contribution in [0.1, 0.15) is 6.23 Å². The van der Waals surface area contributed by atoms with E-state index in [1.165, 1.54) is 18.5 Å². The summed E-state index contributed by atoms with van der Waals surface area (Å²) in [5, 5.41) is 29.9. The van der Waals surface area contributed by atoms with Gasteiger partial charge in [-0.2, -0.15) is 4.98 Å². The molecule has 0 saturated carbocycles.